The van der Waals surface area contributed by atoms with Crippen molar-refractivity contribution in [2.24, 2.45) is 11.7 Å². The average molecular weight is 951 g/mol. The van der Waals surface area contributed by atoms with Gasteiger partial charge in [-0.1, -0.05) is 31.2 Å². The first-order valence-electron chi connectivity index (χ1n) is 23.0. The fraction of sp³-hybridized carbons (Fsp3) is 0.429. The second-order valence-corrected chi connectivity index (χ2v) is 17.0. The van der Waals surface area contributed by atoms with Crippen molar-refractivity contribution in [1.82, 2.24) is 40.9 Å². The van der Waals surface area contributed by atoms with Crippen LogP contribution in [0, 0.1) is 19.8 Å². The standard InChI is InChI=1S/C49H62N10O10/c1-30(2)45(56-42(60)29-68-24-23-67-22-21-66-20-19-59-27-35(57-58-59)7-5-9-43(61)62)48(64)55-41(8-6-17-52-49(50)65)47(63)53-34-12-10-33(11-13-34)28-69-36-14-15-40-38(25-36)44-31(3)39-26-51-18-16-37(39)32(4)46(44)54-40/h10-16,18,25-27,30,41,45,54H,5-9,17,19-24,28-29H2,1-4H3,(H,53,63)(H,55,64)(H,56,60)(H,61,62)(H3,50,52,65). The van der Waals surface area contributed by atoms with E-state index in [9.17, 15) is 24.0 Å². The maximum Gasteiger partial charge on any atom is 0.312 e. The Morgan fingerprint density at radius 2 is 1.61 bits per heavy atom. The number of carbonyl (C=O) groups excluding carboxylic acids is 4. The van der Waals surface area contributed by atoms with Gasteiger partial charge in [0.1, 0.15) is 31.0 Å². The predicted octanol–water partition coefficient (Wildman–Crippen LogP) is 4.83. The average Bonchev–Trinajstić information content (AvgIpc) is 3.95. The first kappa shape index (κ1) is 51.2. The molecule has 8 N–H and O–H groups in total. The first-order valence-corrected chi connectivity index (χ1v) is 23.0. The number of carboxylic acids is 1. The highest BCUT2D eigenvalue weighted by Gasteiger charge is 2.29. The van der Waals surface area contributed by atoms with Crippen LogP contribution >= 0.6 is 0 Å². The molecule has 0 radical (unpaired) electrons. The molecule has 0 bridgehead atoms. The van der Waals surface area contributed by atoms with Crippen LogP contribution in [0.5, 0.6) is 5.75 Å². The molecule has 20 nitrogen and oxygen atoms in total. The number of benzene rings is 3. The third-order valence-corrected chi connectivity index (χ3v) is 11.5. The number of pyridine rings is 1. The zero-order chi connectivity index (χ0) is 49.3. The highest BCUT2D eigenvalue weighted by molar-refractivity contribution is 6.16. The quantitative estimate of drug-likeness (QED) is 0.0325. The summed E-state index contributed by atoms with van der Waals surface area (Å²) in [4.78, 5) is 70.1. The van der Waals surface area contributed by atoms with Crippen molar-refractivity contribution in [2.45, 2.75) is 85.0 Å². The van der Waals surface area contributed by atoms with Crippen LogP contribution in [0.3, 0.4) is 0 Å². The third kappa shape index (κ3) is 14.9. The number of nitrogens with two attached hydrogens (primary N) is 1. The van der Waals surface area contributed by atoms with Gasteiger partial charge in [0, 0.05) is 58.9 Å². The van der Waals surface area contributed by atoms with Crippen molar-refractivity contribution in [3.63, 3.8) is 0 Å². The summed E-state index contributed by atoms with van der Waals surface area (Å²) in [6.07, 6.45) is 7.11. The van der Waals surface area contributed by atoms with Gasteiger partial charge >= 0.3 is 12.0 Å². The molecule has 20 heteroatoms. The summed E-state index contributed by atoms with van der Waals surface area (Å²) >= 11 is 0. The van der Waals surface area contributed by atoms with Crippen molar-refractivity contribution in [2.75, 3.05) is 51.5 Å². The van der Waals surface area contributed by atoms with E-state index in [0.29, 0.717) is 57.1 Å². The number of ether oxygens (including phenoxy) is 4. The zero-order valence-electron chi connectivity index (χ0n) is 39.5. The summed E-state index contributed by atoms with van der Waals surface area (Å²) in [7, 11) is 0. The lowest BCUT2D eigenvalue weighted by Gasteiger charge is -2.25. The number of primary amides is 1. The van der Waals surface area contributed by atoms with Crippen LogP contribution in [-0.4, -0.2) is 118 Å². The number of aliphatic carboxylic acids is 1. The minimum absolute atomic E-state index is 0.0815. The van der Waals surface area contributed by atoms with Crippen molar-refractivity contribution >= 4 is 68.0 Å². The molecule has 0 aliphatic heterocycles. The molecule has 6 aromatic rings. The van der Waals surface area contributed by atoms with Gasteiger partial charge in [0.15, 0.2) is 0 Å². The maximum absolute atomic E-state index is 13.7. The van der Waals surface area contributed by atoms with E-state index in [0.717, 1.165) is 44.0 Å². The molecule has 368 valence electrons. The van der Waals surface area contributed by atoms with E-state index in [-0.39, 0.29) is 51.7 Å². The van der Waals surface area contributed by atoms with Crippen LogP contribution in [-0.2, 0) is 53.0 Å². The number of anilines is 1. The number of hydrogen-bond donors (Lipinski definition) is 7. The Kier molecular flexibility index (Phi) is 18.8. The Hall–Kier alpha value is -7.16. The molecule has 3 aromatic carbocycles. The molecule has 0 spiro atoms. The molecule has 2 unspecified atom stereocenters. The smallest absolute Gasteiger partial charge is 0.312 e. The van der Waals surface area contributed by atoms with Crippen molar-refractivity contribution < 1.29 is 48.0 Å². The lowest BCUT2D eigenvalue weighted by atomic mass is 9.97. The number of aryl methyl sites for hydroxylation is 3. The van der Waals surface area contributed by atoms with Gasteiger partial charge in [-0.2, -0.15) is 0 Å². The van der Waals surface area contributed by atoms with Gasteiger partial charge in [0.2, 0.25) is 17.7 Å². The summed E-state index contributed by atoms with van der Waals surface area (Å²) in [5.74, 6) is -2.02. The molecular formula is C49H62N10O10. The summed E-state index contributed by atoms with van der Waals surface area (Å²) in [5, 5.41) is 32.2. The molecule has 3 heterocycles. The highest BCUT2D eigenvalue weighted by atomic mass is 16.5. The summed E-state index contributed by atoms with van der Waals surface area (Å²) in [5.41, 5.74) is 11.7. The molecule has 0 saturated carbocycles. The number of carbonyl (C=O) groups is 5. The molecular weight excluding hydrogens is 889 g/mol. The SMILES string of the molecule is Cc1c2ccncc2c(C)c2c1[nH]c1ccc(OCc3ccc(NC(=O)C(CCCNC(N)=O)NC(=O)C(NC(=O)COCCOCCOCCn4cc(CCCC(=O)O)nn4)C(C)C)cc3)cc12. The largest absolute Gasteiger partial charge is 0.489 e. The number of amides is 5. The van der Waals surface area contributed by atoms with E-state index >= 15 is 0 Å². The molecule has 0 aliphatic carbocycles. The minimum Gasteiger partial charge on any atom is -0.489 e. The monoisotopic (exact) mass is 950 g/mol. The van der Waals surface area contributed by atoms with Gasteiger partial charge in [0.05, 0.1) is 50.8 Å². The molecule has 0 saturated heterocycles. The number of H-pyrrole nitrogens is 1. The molecule has 69 heavy (non-hydrogen) atoms. The van der Waals surface area contributed by atoms with Gasteiger partial charge in [-0.15, -0.1) is 5.10 Å². The Bertz CT molecular complexity index is 2700. The lowest BCUT2D eigenvalue weighted by molar-refractivity contribution is -0.137. The maximum atomic E-state index is 13.7. The lowest BCUT2D eigenvalue weighted by Crippen LogP contribution is -2.55. The number of fused-ring (bicyclic) bond motifs is 4. The number of nitrogens with one attached hydrogen (secondary N) is 5. The second-order valence-electron chi connectivity index (χ2n) is 17.0. The van der Waals surface area contributed by atoms with Crippen LogP contribution in [0.15, 0.2) is 67.1 Å². The summed E-state index contributed by atoms with van der Waals surface area (Å²) < 4.78 is 24.4. The predicted molar refractivity (Wildman–Crippen MR) is 259 cm³/mol. The van der Waals surface area contributed by atoms with E-state index in [1.807, 2.05) is 48.8 Å². The number of urea groups is 1. The van der Waals surface area contributed by atoms with Crippen molar-refractivity contribution in [3.05, 3.63) is 89.5 Å². The van der Waals surface area contributed by atoms with Crippen LogP contribution in [0.1, 0.15) is 61.9 Å². The second kappa shape index (κ2) is 25.3. The molecule has 0 aliphatic rings. The zero-order valence-corrected chi connectivity index (χ0v) is 39.5. The van der Waals surface area contributed by atoms with Crippen LogP contribution in [0.2, 0.25) is 0 Å². The number of rotatable bonds is 28. The fourth-order valence-electron chi connectivity index (χ4n) is 7.85. The summed E-state index contributed by atoms with van der Waals surface area (Å²) in [6.45, 7) is 9.78. The number of aromatic amines is 1. The number of hydrogen-bond acceptors (Lipinski definition) is 12. The van der Waals surface area contributed by atoms with Gasteiger partial charge in [-0.25, -0.2) is 9.48 Å². The summed E-state index contributed by atoms with van der Waals surface area (Å²) in [6, 6.07) is 12.6. The fourth-order valence-corrected chi connectivity index (χ4v) is 7.85. The molecule has 0 fully saturated rings. The van der Waals surface area contributed by atoms with Gasteiger partial charge in [0.25, 0.3) is 0 Å². The Labute approximate surface area is 399 Å². The van der Waals surface area contributed by atoms with Crippen molar-refractivity contribution in [3.8, 4) is 5.75 Å². The van der Waals surface area contributed by atoms with E-state index < -0.39 is 41.8 Å². The van der Waals surface area contributed by atoms with Crippen LogP contribution < -0.4 is 31.7 Å². The Morgan fingerprint density at radius 1 is 0.855 bits per heavy atom. The van der Waals surface area contributed by atoms with E-state index in [2.05, 4.69) is 55.4 Å². The topological polar surface area (TPSA) is 276 Å². The normalized spacial score (nSPS) is 12.3. The van der Waals surface area contributed by atoms with Crippen molar-refractivity contribution in [1.29, 1.82) is 0 Å². The highest BCUT2D eigenvalue weighted by Crippen LogP contribution is 2.37. The van der Waals surface area contributed by atoms with E-state index in [4.69, 9.17) is 29.8 Å². The van der Waals surface area contributed by atoms with E-state index in [1.54, 1.807) is 36.9 Å². The Balaban J connectivity index is 0.935. The Morgan fingerprint density at radius 3 is 2.35 bits per heavy atom. The first-order chi connectivity index (χ1) is 33.3. The number of nitrogens with zero attached hydrogens (tertiary/aromatic N) is 4. The van der Waals surface area contributed by atoms with E-state index in [1.165, 1.54) is 10.9 Å². The third-order valence-electron chi connectivity index (χ3n) is 11.5. The molecule has 2 atom stereocenters. The van der Waals surface area contributed by atoms with Gasteiger partial charge < -0.3 is 56.0 Å². The molecule has 3 aromatic heterocycles. The number of aromatic nitrogens is 5. The van der Waals surface area contributed by atoms with Gasteiger partial charge in [-0.05, 0) is 104 Å². The number of carboxylic acid groups (broad SMARTS) is 1. The molecule has 5 amide bonds. The van der Waals surface area contributed by atoms with Crippen LogP contribution in [0.25, 0.3) is 32.6 Å². The molecule has 6 rings (SSSR count). The van der Waals surface area contributed by atoms with Gasteiger partial charge in [-0.3, -0.25) is 24.2 Å². The van der Waals surface area contributed by atoms with Crippen LogP contribution in [0.4, 0.5) is 10.5 Å². The minimum atomic E-state index is -1.01.